The minimum absolute atomic E-state index is 0.0369. The Morgan fingerprint density at radius 1 is 1.62 bits per heavy atom. The lowest BCUT2D eigenvalue weighted by molar-refractivity contribution is 0.311. The highest BCUT2D eigenvalue weighted by atomic mass is 35.5. The molecule has 0 unspecified atom stereocenters. The van der Waals surface area contributed by atoms with Gasteiger partial charge in [-0.15, -0.1) is 0 Å². The SMILES string of the molecule is CNc1ncc(Cl)c(NCCO)n1. The van der Waals surface area contributed by atoms with Gasteiger partial charge in [0.2, 0.25) is 5.95 Å². The molecule has 0 spiro atoms. The minimum Gasteiger partial charge on any atom is -0.395 e. The van der Waals surface area contributed by atoms with Gasteiger partial charge in [0, 0.05) is 13.6 Å². The summed E-state index contributed by atoms with van der Waals surface area (Å²) in [5, 5.41) is 14.7. The van der Waals surface area contributed by atoms with E-state index in [1.54, 1.807) is 7.05 Å². The van der Waals surface area contributed by atoms with Gasteiger partial charge in [-0.3, -0.25) is 0 Å². The normalized spacial score (nSPS) is 9.77. The van der Waals surface area contributed by atoms with Crippen LogP contribution in [0.4, 0.5) is 11.8 Å². The molecule has 1 rings (SSSR count). The summed E-state index contributed by atoms with van der Waals surface area (Å²) in [4.78, 5) is 7.96. The maximum absolute atomic E-state index is 8.58. The van der Waals surface area contributed by atoms with Crippen molar-refractivity contribution in [3.63, 3.8) is 0 Å². The van der Waals surface area contributed by atoms with Gasteiger partial charge in [-0.05, 0) is 0 Å². The average Bonchev–Trinajstić information content (AvgIpc) is 2.17. The van der Waals surface area contributed by atoms with Crippen LogP contribution in [0.3, 0.4) is 0 Å². The van der Waals surface area contributed by atoms with E-state index >= 15 is 0 Å². The molecule has 0 aliphatic heterocycles. The molecule has 1 aromatic heterocycles. The van der Waals surface area contributed by atoms with E-state index in [1.807, 2.05) is 0 Å². The lowest BCUT2D eigenvalue weighted by Crippen LogP contribution is -2.09. The fourth-order valence-electron chi connectivity index (χ4n) is 0.786. The van der Waals surface area contributed by atoms with Crippen molar-refractivity contribution in [1.82, 2.24) is 9.97 Å². The van der Waals surface area contributed by atoms with Crippen LogP contribution in [0.25, 0.3) is 0 Å². The number of aliphatic hydroxyl groups is 1. The Morgan fingerprint density at radius 2 is 2.38 bits per heavy atom. The van der Waals surface area contributed by atoms with Crippen molar-refractivity contribution in [1.29, 1.82) is 0 Å². The quantitative estimate of drug-likeness (QED) is 0.666. The maximum atomic E-state index is 8.58. The number of hydrogen-bond donors (Lipinski definition) is 3. The largest absolute Gasteiger partial charge is 0.395 e. The molecule has 3 N–H and O–H groups in total. The maximum Gasteiger partial charge on any atom is 0.224 e. The van der Waals surface area contributed by atoms with Gasteiger partial charge < -0.3 is 15.7 Å². The Kier molecular flexibility index (Phi) is 3.72. The molecule has 72 valence electrons. The number of nitrogens with zero attached hydrogens (tertiary/aromatic N) is 2. The summed E-state index contributed by atoms with van der Waals surface area (Å²) in [5.41, 5.74) is 0. The van der Waals surface area contributed by atoms with Crippen molar-refractivity contribution in [3.05, 3.63) is 11.2 Å². The highest BCUT2D eigenvalue weighted by Crippen LogP contribution is 2.18. The first-order chi connectivity index (χ1) is 6.27. The zero-order valence-electron chi connectivity index (χ0n) is 7.21. The number of nitrogens with one attached hydrogen (secondary N) is 2. The average molecular weight is 203 g/mol. The van der Waals surface area contributed by atoms with Crippen LogP contribution in [0.1, 0.15) is 0 Å². The molecule has 13 heavy (non-hydrogen) atoms. The summed E-state index contributed by atoms with van der Waals surface area (Å²) in [6.07, 6.45) is 1.50. The third-order valence-electron chi connectivity index (χ3n) is 1.37. The lowest BCUT2D eigenvalue weighted by Gasteiger charge is -2.06. The molecule has 0 saturated carbocycles. The van der Waals surface area contributed by atoms with Crippen LogP contribution >= 0.6 is 11.6 Å². The number of aliphatic hydroxyl groups excluding tert-OH is 1. The van der Waals surface area contributed by atoms with Gasteiger partial charge in [0.05, 0.1) is 12.8 Å². The molecule has 1 aromatic rings. The van der Waals surface area contributed by atoms with Crippen molar-refractivity contribution in [2.75, 3.05) is 30.8 Å². The van der Waals surface area contributed by atoms with Crippen molar-refractivity contribution in [2.24, 2.45) is 0 Å². The Balaban J connectivity index is 2.78. The van der Waals surface area contributed by atoms with Gasteiger partial charge in [-0.25, -0.2) is 4.98 Å². The van der Waals surface area contributed by atoms with E-state index in [1.165, 1.54) is 6.20 Å². The van der Waals surface area contributed by atoms with Crippen LogP contribution in [0.5, 0.6) is 0 Å². The summed E-state index contributed by atoms with van der Waals surface area (Å²) < 4.78 is 0. The standard InChI is InChI=1S/C7H11ClN4O/c1-9-7-11-4-5(8)6(12-7)10-2-3-13/h4,13H,2-3H2,1H3,(H2,9,10,11,12). The molecule has 0 aliphatic carbocycles. The Hall–Kier alpha value is -1.07. The molecular formula is C7H11ClN4O. The second kappa shape index (κ2) is 4.84. The molecule has 0 atom stereocenters. The van der Waals surface area contributed by atoms with E-state index in [9.17, 15) is 0 Å². The second-order valence-electron chi connectivity index (χ2n) is 2.29. The van der Waals surface area contributed by atoms with Crippen molar-refractivity contribution in [2.45, 2.75) is 0 Å². The van der Waals surface area contributed by atoms with Crippen LogP contribution in [-0.4, -0.2) is 35.3 Å². The number of rotatable bonds is 4. The van der Waals surface area contributed by atoms with E-state index in [4.69, 9.17) is 16.7 Å². The number of aromatic nitrogens is 2. The Labute approximate surface area is 81.2 Å². The highest BCUT2D eigenvalue weighted by Gasteiger charge is 2.02. The first-order valence-electron chi connectivity index (χ1n) is 3.83. The molecule has 6 heteroatoms. The Morgan fingerprint density at radius 3 is 3.00 bits per heavy atom. The predicted molar refractivity (Wildman–Crippen MR) is 52.2 cm³/mol. The molecule has 0 radical (unpaired) electrons. The molecule has 0 amide bonds. The van der Waals surface area contributed by atoms with Gasteiger partial charge >= 0.3 is 0 Å². The summed E-state index contributed by atoms with van der Waals surface area (Å²) >= 11 is 5.79. The van der Waals surface area contributed by atoms with Crippen LogP contribution in [0, 0.1) is 0 Å². The number of halogens is 1. The summed E-state index contributed by atoms with van der Waals surface area (Å²) in [6.45, 7) is 0.453. The van der Waals surface area contributed by atoms with E-state index in [2.05, 4.69) is 20.6 Å². The monoisotopic (exact) mass is 202 g/mol. The van der Waals surface area contributed by atoms with Crippen molar-refractivity contribution < 1.29 is 5.11 Å². The van der Waals surface area contributed by atoms with E-state index in [-0.39, 0.29) is 6.61 Å². The number of hydrogen-bond acceptors (Lipinski definition) is 5. The van der Waals surface area contributed by atoms with Crippen LogP contribution in [0.15, 0.2) is 6.20 Å². The molecule has 1 heterocycles. The third kappa shape index (κ3) is 2.71. The molecule has 0 bridgehead atoms. The molecule has 0 saturated heterocycles. The molecule has 0 aliphatic rings. The fraction of sp³-hybridized carbons (Fsp3) is 0.429. The molecule has 0 aromatic carbocycles. The van der Waals surface area contributed by atoms with E-state index in [0.717, 1.165) is 0 Å². The first-order valence-corrected chi connectivity index (χ1v) is 4.20. The topological polar surface area (TPSA) is 70.1 Å². The van der Waals surface area contributed by atoms with Gasteiger partial charge in [-0.2, -0.15) is 4.98 Å². The summed E-state index contributed by atoms with van der Waals surface area (Å²) in [6, 6.07) is 0. The molecule has 5 nitrogen and oxygen atoms in total. The predicted octanol–water partition coefficient (Wildman–Crippen LogP) is 0.576. The van der Waals surface area contributed by atoms with Crippen LogP contribution in [-0.2, 0) is 0 Å². The van der Waals surface area contributed by atoms with Gasteiger partial charge in [0.1, 0.15) is 5.02 Å². The first kappa shape index (κ1) is 10.0. The zero-order chi connectivity index (χ0) is 9.68. The lowest BCUT2D eigenvalue weighted by atomic mass is 10.5. The van der Waals surface area contributed by atoms with E-state index < -0.39 is 0 Å². The summed E-state index contributed by atoms with van der Waals surface area (Å²) in [7, 11) is 1.72. The van der Waals surface area contributed by atoms with Gasteiger partial charge in [-0.1, -0.05) is 11.6 Å². The fourth-order valence-corrected chi connectivity index (χ4v) is 0.944. The van der Waals surface area contributed by atoms with Gasteiger partial charge in [0.25, 0.3) is 0 Å². The second-order valence-corrected chi connectivity index (χ2v) is 2.70. The molecular weight excluding hydrogens is 192 g/mol. The van der Waals surface area contributed by atoms with Crippen LogP contribution in [0.2, 0.25) is 5.02 Å². The van der Waals surface area contributed by atoms with Crippen molar-refractivity contribution >= 4 is 23.4 Å². The van der Waals surface area contributed by atoms with Crippen molar-refractivity contribution in [3.8, 4) is 0 Å². The number of anilines is 2. The van der Waals surface area contributed by atoms with Crippen LogP contribution < -0.4 is 10.6 Å². The third-order valence-corrected chi connectivity index (χ3v) is 1.65. The van der Waals surface area contributed by atoms with Gasteiger partial charge in [0.15, 0.2) is 5.82 Å². The minimum atomic E-state index is 0.0369. The smallest absolute Gasteiger partial charge is 0.224 e. The summed E-state index contributed by atoms with van der Waals surface area (Å²) in [5.74, 6) is 1.01. The zero-order valence-corrected chi connectivity index (χ0v) is 7.97. The Bertz CT molecular complexity index is 281. The molecule has 0 fully saturated rings. The highest BCUT2D eigenvalue weighted by molar-refractivity contribution is 6.32. The van der Waals surface area contributed by atoms with E-state index in [0.29, 0.717) is 23.3 Å².